The molecule has 34 heavy (non-hydrogen) atoms. The van der Waals surface area contributed by atoms with Crippen molar-refractivity contribution in [1.82, 2.24) is 10.4 Å². The average Bonchev–Trinajstić information content (AvgIpc) is 2.85. The predicted octanol–water partition coefficient (Wildman–Crippen LogP) is 7.67. The van der Waals surface area contributed by atoms with Gasteiger partial charge < -0.3 is 0 Å². The van der Waals surface area contributed by atoms with E-state index in [1.54, 1.807) is 30.3 Å². The Morgan fingerprint density at radius 2 is 1.76 bits per heavy atom. The van der Waals surface area contributed by atoms with Crippen LogP contribution in [0.15, 0.2) is 77.9 Å². The van der Waals surface area contributed by atoms with Gasteiger partial charge in [-0.2, -0.15) is 5.10 Å². The van der Waals surface area contributed by atoms with E-state index >= 15 is 0 Å². The zero-order valence-corrected chi connectivity index (χ0v) is 20.0. The molecule has 0 aliphatic rings. The lowest BCUT2D eigenvalue weighted by Crippen LogP contribution is -2.21. The number of hydrogen-bond acceptors (Lipinski definition) is 3. The second-order valence-corrected chi connectivity index (χ2v) is 8.63. The number of hydrazone groups is 1. The Morgan fingerprint density at radius 3 is 2.50 bits per heavy atom. The molecular weight excluding hydrogens is 472 g/mol. The Labute approximate surface area is 207 Å². The molecular formula is C27H22Cl2FN3O. The smallest absolute Gasteiger partial charge is 0.267 e. The van der Waals surface area contributed by atoms with E-state index < -0.39 is 0 Å². The van der Waals surface area contributed by atoms with Crippen molar-refractivity contribution >= 4 is 45.7 Å². The lowest BCUT2D eigenvalue weighted by molar-refractivity contribution is 0.0956. The van der Waals surface area contributed by atoms with Crippen molar-refractivity contribution in [3.05, 3.63) is 99.8 Å². The lowest BCUT2D eigenvalue weighted by atomic mass is 10.0. The summed E-state index contributed by atoms with van der Waals surface area (Å²) in [5, 5.41) is 5.96. The van der Waals surface area contributed by atoms with Crippen LogP contribution in [0.4, 0.5) is 4.39 Å². The summed E-state index contributed by atoms with van der Waals surface area (Å²) in [6.07, 6.45) is 2.52. The largest absolute Gasteiger partial charge is 0.272 e. The minimum absolute atomic E-state index is 0.319. The van der Waals surface area contributed by atoms with E-state index in [2.05, 4.69) is 17.5 Å². The second kappa shape index (κ2) is 10.8. The molecule has 7 heteroatoms. The van der Waals surface area contributed by atoms with Crippen LogP contribution in [0.5, 0.6) is 0 Å². The number of carbonyl (C=O) groups excluding carboxylic acids is 1. The summed E-state index contributed by atoms with van der Waals surface area (Å²) in [7, 11) is 0. The monoisotopic (exact) mass is 493 g/mol. The number of carbonyl (C=O) groups is 1. The number of halogens is 3. The van der Waals surface area contributed by atoms with E-state index in [0.29, 0.717) is 44.3 Å². The number of nitrogens with one attached hydrogen (secondary N) is 1. The van der Waals surface area contributed by atoms with Gasteiger partial charge in [0.1, 0.15) is 5.82 Å². The molecule has 0 bridgehead atoms. The quantitative estimate of drug-likeness (QED) is 0.212. The number of pyridine rings is 1. The fourth-order valence-corrected chi connectivity index (χ4v) is 3.89. The van der Waals surface area contributed by atoms with E-state index in [1.807, 2.05) is 30.3 Å². The molecule has 1 amide bonds. The van der Waals surface area contributed by atoms with Gasteiger partial charge in [0.15, 0.2) is 0 Å². The van der Waals surface area contributed by atoms with Crippen LogP contribution in [0.3, 0.4) is 0 Å². The van der Waals surface area contributed by atoms with Gasteiger partial charge >= 0.3 is 0 Å². The Balaban J connectivity index is 1.72. The van der Waals surface area contributed by atoms with Crippen molar-refractivity contribution in [1.29, 1.82) is 0 Å². The maximum absolute atomic E-state index is 13.4. The Bertz CT molecular complexity index is 1370. The average molecular weight is 494 g/mol. The molecule has 3 aromatic carbocycles. The number of benzene rings is 3. The van der Waals surface area contributed by atoms with Crippen molar-refractivity contribution in [2.75, 3.05) is 0 Å². The van der Waals surface area contributed by atoms with Crippen LogP contribution in [-0.4, -0.2) is 16.6 Å². The van der Waals surface area contributed by atoms with Crippen LogP contribution < -0.4 is 5.43 Å². The first-order chi connectivity index (χ1) is 16.5. The van der Waals surface area contributed by atoms with Gasteiger partial charge in [0.2, 0.25) is 0 Å². The third kappa shape index (κ3) is 5.44. The highest BCUT2D eigenvalue weighted by Gasteiger charge is 2.15. The summed E-state index contributed by atoms with van der Waals surface area (Å²) in [6.45, 7) is 2.08. The Kier molecular flexibility index (Phi) is 7.56. The van der Waals surface area contributed by atoms with Gasteiger partial charge in [-0.25, -0.2) is 14.8 Å². The molecule has 172 valence electrons. The highest BCUT2D eigenvalue weighted by molar-refractivity contribution is 6.42. The first-order valence-corrected chi connectivity index (χ1v) is 11.7. The van der Waals surface area contributed by atoms with E-state index in [-0.39, 0.29) is 11.7 Å². The van der Waals surface area contributed by atoms with Gasteiger partial charge in [0, 0.05) is 10.9 Å². The molecule has 0 atom stereocenters. The van der Waals surface area contributed by atoms with Crippen molar-refractivity contribution in [3.63, 3.8) is 0 Å². The van der Waals surface area contributed by atoms with Gasteiger partial charge in [-0.15, -0.1) is 0 Å². The molecule has 0 spiro atoms. The number of amides is 1. The fraction of sp³-hybridized carbons (Fsp3) is 0.148. The molecule has 1 heterocycles. The molecule has 0 aliphatic heterocycles. The van der Waals surface area contributed by atoms with E-state index in [1.165, 1.54) is 12.1 Å². The first kappa shape index (κ1) is 23.9. The summed E-state index contributed by atoms with van der Waals surface area (Å²) >= 11 is 12.3. The lowest BCUT2D eigenvalue weighted by Gasteiger charge is -2.11. The number of rotatable bonds is 7. The van der Waals surface area contributed by atoms with E-state index in [9.17, 15) is 9.18 Å². The zero-order chi connectivity index (χ0) is 24.1. The highest BCUT2D eigenvalue weighted by Crippen LogP contribution is 2.30. The summed E-state index contributed by atoms with van der Waals surface area (Å²) < 4.78 is 13.4. The molecule has 0 unspecified atom stereocenters. The summed E-state index contributed by atoms with van der Waals surface area (Å²) in [5.41, 5.74) is 6.60. The standard InChI is InChI=1S/C27H22Cl2FN3O/c1-2-3-7-24(17-9-12-19(30)13-10-17)32-33-27(34)21-16-26(18-11-14-22(28)23(29)15-18)31-25-8-5-4-6-20(21)25/h4-6,8-16H,2-3,7H2,1H3,(H,33,34)/b32-24+. The van der Waals surface area contributed by atoms with Crippen LogP contribution in [0.1, 0.15) is 42.1 Å². The highest BCUT2D eigenvalue weighted by atomic mass is 35.5. The molecule has 4 rings (SSSR count). The topological polar surface area (TPSA) is 54.4 Å². The SMILES string of the molecule is CCCC/C(=N\NC(=O)c1cc(-c2ccc(Cl)c(Cl)c2)nc2ccccc12)c1ccc(F)cc1. The van der Waals surface area contributed by atoms with Gasteiger partial charge in [0.25, 0.3) is 5.91 Å². The zero-order valence-electron chi connectivity index (χ0n) is 18.5. The number of nitrogens with zero attached hydrogens (tertiary/aromatic N) is 2. The maximum Gasteiger partial charge on any atom is 0.272 e. The van der Waals surface area contributed by atoms with Crippen molar-refractivity contribution in [2.24, 2.45) is 5.10 Å². The fourth-order valence-electron chi connectivity index (χ4n) is 3.60. The van der Waals surface area contributed by atoms with E-state index in [0.717, 1.165) is 24.0 Å². The van der Waals surface area contributed by atoms with Crippen LogP contribution in [0.25, 0.3) is 22.2 Å². The Morgan fingerprint density at radius 1 is 1.00 bits per heavy atom. The van der Waals surface area contributed by atoms with Crippen LogP contribution in [-0.2, 0) is 0 Å². The van der Waals surface area contributed by atoms with Crippen molar-refractivity contribution in [3.8, 4) is 11.3 Å². The second-order valence-electron chi connectivity index (χ2n) is 7.81. The normalized spacial score (nSPS) is 11.6. The van der Waals surface area contributed by atoms with E-state index in [4.69, 9.17) is 28.2 Å². The van der Waals surface area contributed by atoms with Gasteiger partial charge in [-0.05, 0) is 54.8 Å². The number of hydrogen-bond donors (Lipinski definition) is 1. The number of fused-ring (bicyclic) bond motifs is 1. The number of aromatic nitrogens is 1. The molecule has 4 aromatic rings. The van der Waals surface area contributed by atoms with Crippen LogP contribution >= 0.6 is 23.2 Å². The summed E-state index contributed by atoms with van der Waals surface area (Å²) in [5.74, 6) is -0.684. The first-order valence-electron chi connectivity index (χ1n) is 10.9. The summed E-state index contributed by atoms with van der Waals surface area (Å²) in [4.78, 5) is 18.0. The molecule has 1 aromatic heterocycles. The van der Waals surface area contributed by atoms with Crippen LogP contribution in [0.2, 0.25) is 10.0 Å². The van der Waals surface area contributed by atoms with Gasteiger partial charge in [-0.3, -0.25) is 4.79 Å². The minimum atomic E-state index is -0.365. The third-order valence-electron chi connectivity index (χ3n) is 5.41. The van der Waals surface area contributed by atoms with Crippen molar-refractivity contribution in [2.45, 2.75) is 26.2 Å². The molecule has 4 nitrogen and oxygen atoms in total. The Hall–Kier alpha value is -3.28. The van der Waals surface area contributed by atoms with Crippen LogP contribution in [0, 0.1) is 5.82 Å². The third-order valence-corrected chi connectivity index (χ3v) is 6.15. The minimum Gasteiger partial charge on any atom is -0.267 e. The maximum atomic E-state index is 13.4. The van der Waals surface area contributed by atoms with Gasteiger partial charge in [-0.1, -0.05) is 72.9 Å². The molecule has 1 N–H and O–H groups in total. The molecule has 0 saturated carbocycles. The summed E-state index contributed by atoms with van der Waals surface area (Å²) in [6, 6.07) is 20.5. The predicted molar refractivity (Wildman–Crippen MR) is 137 cm³/mol. The van der Waals surface area contributed by atoms with Gasteiger partial charge in [0.05, 0.1) is 32.5 Å². The molecule has 0 saturated heterocycles. The molecule has 0 aliphatic carbocycles. The number of para-hydroxylation sites is 1. The van der Waals surface area contributed by atoms with Crippen molar-refractivity contribution < 1.29 is 9.18 Å². The number of unbranched alkanes of at least 4 members (excludes halogenated alkanes) is 1. The molecule has 0 radical (unpaired) electrons. The molecule has 0 fully saturated rings.